The number of hydrogen-bond donors (Lipinski definition) is 1. The Bertz CT molecular complexity index is 1300. The van der Waals surface area contributed by atoms with Gasteiger partial charge in [-0.3, -0.25) is 4.99 Å². The van der Waals surface area contributed by atoms with Gasteiger partial charge in [-0.2, -0.15) is 12.4 Å². The summed E-state index contributed by atoms with van der Waals surface area (Å²) in [5.41, 5.74) is 9.53. The molecule has 2 aromatic heterocycles. The molecule has 0 amide bonds. The summed E-state index contributed by atoms with van der Waals surface area (Å²) in [5.74, 6) is 1.95. The van der Waals surface area contributed by atoms with E-state index in [0.29, 0.717) is 23.7 Å². The SMILES string of the molecule is C1CCOC1.C1CCOC1.CC(C)c1cccc(C(C)C)c1N=Cc1ccc[n-]1.CC(C)c1cccc(C(C)C)c1[NH+]=Cc1ccc[n-]1.[Ca+2]. The van der Waals surface area contributed by atoms with E-state index in [2.05, 4.69) is 107 Å². The van der Waals surface area contributed by atoms with E-state index in [-0.39, 0.29) is 37.7 Å². The maximum Gasteiger partial charge on any atom is 2.00 e. The largest absolute Gasteiger partial charge is 2.00 e. The fraction of sp³-hybridized carbons (Fsp3) is 0.476. The number of hydrogen-bond acceptors (Lipinski definition) is 3. The third-order valence-electron chi connectivity index (χ3n) is 8.21. The molecule has 0 bridgehead atoms. The minimum Gasteiger partial charge on any atom is -0.663 e. The normalized spacial score (nSPS) is 14.1. The summed E-state index contributed by atoms with van der Waals surface area (Å²) in [5, 5.41) is 0. The molecule has 4 heterocycles. The summed E-state index contributed by atoms with van der Waals surface area (Å²) >= 11 is 0. The Labute approximate surface area is 326 Å². The first-order valence-corrected chi connectivity index (χ1v) is 17.9. The molecule has 6 rings (SSSR count). The van der Waals surface area contributed by atoms with Crippen LogP contribution in [-0.4, -0.2) is 76.6 Å². The molecule has 0 atom stereocenters. The molecule has 49 heavy (non-hydrogen) atoms. The molecule has 0 radical (unpaired) electrons. The van der Waals surface area contributed by atoms with Gasteiger partial charge in [-0.05, 0) is 60.5 Å². The molecule has 2 aliphatic heterocycles. The third-order valence-corrected chi connectivity index (χ3v) is 8.21. The standard InChI is InChI=1S/2C17H21N2.2C4H8O.Ca/c2*1-12(2)15-8-5-9-16(13(3)4)17(15)19-11-14-7-6-10-18-14;2*1-2-4-5-3-1;/h2*5-13H,1-4H3;2*1-4H2;/q2*-1;;;+2/p+1. The Morgan fingerprint density at radius 1 is 0.571 bits per heavy atom. The number of aliphatic imine (C=N–C) groups is 1. The molecule has 6 nitrogen and oxygen atoms in total. The first kappa shape index (κ1) is 42.7. The van der Waals surface area contributed by atoms with E-state index in [9.17, 15) is 0 Å². The van der Waals surface area contributed by atoms with Crippen LogP contribution < -0.4 is 15.0 Å². The van der Waals surface area contributed by atoms with Crippen molar-refractivity contribution in [3.63, 3.8) is 0 Å². The van der Waals surface area contributed by atoms with Crippen molar-refractivity contribution in [3.8, 4) is 0 Å². The maximum absolute atomic E-state index is 4.94. The summed E-state index contributed by atoms with van der Waals surface area (Å²) in [7, 11) is 0. The summed E-state index contributed by atoms with van der Waals surface area (Å²) in [6.45, 7) is 21.7. The second-order valence-corrected chi connectivity index (χ2v) is 13.5. The minimum atomic E-state index is 0. The monoisotopic (exact) mass is 691 g/mol. The predicted molar refractivity (Wildman–Crippen MR) is 208 cm³/mol. The average Bonchev–Trinajstić information content (AvgIpc) is 3.91. The minimum absolute atomic E-state index is 0. The summed E-state index contributed by atoms with van der Waals surface area (Å²) in [6, 6.07) is 20.9. The average molecular weight is 692 g/mol. The fourth-order valence-corrected chi connectivity index (χ4v) is 5.47. The first-order chi connectivity index (χ1) is 23.2. The number of nitrogens with one attached hydrogen (secondary N) is 1. The number of benzene rings is 2. The second kappa shape index (κ2) is 23.8. The zero-order valence-corrected chi connectivity index (χ0v) is 33.6. The first-order valence-electron chi connectivity index (χ1n) is 17.9. The van der Waals surface area contributed by atoms with Gasteiger partial charge in [0.1, 0.15) is 0 Å². The van der Waals surface area contributed by atoms with Gasteiger partial charge in [0.25, 0.3) is 0 Å². The number of rotatable bonds is 8. The van der Waals surface area contributed by atoms with E-state index in [4.69, 9.17) is 14.5 Å². The molecule has 0 aliphatic carbocycles. The van der Waals surface area contributed by atoms with Crippen molar-refractivity contribution in [1.29, 1.82) is 0 Å². The molecule has 0 spiro atoms. The Morgan fingerprint density at radius 3 is 1.33 bits per heavy atom. The van der Waals surface area contributed by atoms with Gasteiger partial charge >= 0.3 is 37.7 Å². The molecule has 7 heteroatoms. The van der Waals surface area contributed by atoms with Crippen molar-refractivity contribution in [2.24, 2.45) is 4.99 Å². The van der Waals surface area contributed by atoms with Crippen LogP contribution in [0.1, 0.15) is 138 Å². The topological polar surface area (TPSA) is 73.0 Å². The van der Waals surface area contributed by atoms with E-state index in [1.807, 2.05) is 42.9 Å². The van der Waals surface area contributed by atoms with Gasteiger partial charge in [0, 0.05) is 43.8 Å². The molecule has 2 aliphatic rings. The molecule has 2 fully saturated rings. The van der Waals surface area contributed by atoms with Crippen molar-refractivity contribution in [3.05, 3.63) is 107 Å². The van der Waals surface area contributed by atoms with Gasteiger partial charge < -0.3 is 19.4 Å². The quantitative estimate of drug-likeness (QED) is 0.148. The summed E-state index contributed by atoms with van der Waals surface area (Å²) in [4.78, 5) is 16.7. The molecule has 4 aromatic rings. The van der Waals surface area contributed by atoms with Crippen LogP contribution in [0.15, 0.2) is 78.0 Å². The van der Waals surface area contributed by atoms with Crippen molar-refractivity contribution in [1.82, 2.24) is 9.97 Å². The van der Waals surface area contributed by atoms with Crippen LogP contribution in [0, 0.1) is 0 Å². The fourth-order valence-electron chi connectivity index (χ4n) is 5.47. The van der Waals surface area contributed by atoms with Gasteiger partial charge in [-0.1, -0.05) is 122 Å². The zero-order valence-electron chi connectivity index (χ0n) is 31.4. The van der Waals surface area contributed by atoms with Crippen LogP contribution in [0.5, 0.6) is 0 Å². The van der Waals surface area contributed by atoms with Crippen molar-refractivity contribution in [2.45, 2.75) is 105 Å². The molecule has 0 saturated carbocycles. The van der Waals surface area contributed by atoms with Gasteiger partial charge in [0.2, 0.25) is 5.69 Å². The summed E-state index contributed by atoms with van der Waals surface area (Å²) < 4.78 is 9.89. The Hall–Kier alpha value is -2.48. The Balaban J connectivity index is 0.000000260. The Kier molecular flexibility index (Phi) is 20.8. The van der Waals surface area contributed by atoms with Gasteiger partial charge in [0.15, 0.2) is 6.21 Å². The number of nitrogens with zero attached hydrogens (tertiary/aromatic N) is 3. The molecular weight excluding hydrogens is 633 g/mol. The van der Waals surface area contributed by atoms with Crippen LogP contribution in [-0.2, 0) is 9.47 Å². The molecule has 0 unspecified atom stereocenters. The van der Waals surface area contributed by atoms with E-state index < -0.39 is 0 Å². The Morgan fingerprint density at radius 2 is 0.980 bits per heavy atom. The van der Waals surface area contributed by atoms with Gasteiger partial charge in [-0.15, -0.1) is 5.69 Å². The van der Waals surface area contributed by atoms with E-state index in [1.54, 1.807) is 6.20 Å². The van der Waals surface area contributed by atoms with E-state index >= 15 is 0 Å². The smallest absolute Gasteiger partial charge is 0.663 e. The molecule has 2 saturated heterocycles. The van der Waals surface area contributed by atoms with Crippen LogP contribution in [0.25, 0.3) is 0 Å². The molecular formula is C42H59CaN4O2+. The van der Waals surface area contributed by atoms with Gasteiger partial charge in [0.05, 0.1) is 5.69 Å². The number of ether oxygens (including phenoxy) is 2. The maximum atomic E-state index is 4.94. The number of para-hydroxylation sites is 2. The van der Waals surface area contributed by atoms with Crippen molar-refractivity contribution in [2.75, 3.05) is 26.4 Å². The van der Waals surface area contributed by atoms with E-state index in [1.165, 1.54) is 53.6 Å². The van der Waals surface area contributed by atoms with Crippen molar-refractivity contribution >= 4 is 61.5 Å². The van der Waals surface area contributed by atoms with Crippen LogP contribution in [0.3, 0.4) is 0 Å². The van der Waals surface area contributed by atoms with Crippen molar-refractivity contribution < 1.29 is 14.5 Å². The third kappa shape index (κ3) is 15.1. The molecule has 2 aromatic carbocycles. The zero-order chi connectivity index (χ0) is 34.7. The number of aromatic nitrogens is 2. The van der Waals surface area contributed by atoms with Gasteiger partial charge in [-0.25, -0.2) is 4.99 Å². The van der Waals surface area contributed by atoms with Crippen LogP contribution >= 0.6 is 0 Å². The molecule has 1 N–H and O–H groups in total. The van der Waals surface area contributed by atoms with E-state index in [0.717, 1.165) is 43.5 Å². The summed E-state index contributed by atoms with van der Waals surface area (Å²) in [6.07, 6.45) is 12.5. The van der Waals surface area contributed by atoms with Crippen LogP contribution in [0.2, 0.25) is 0 Å². The van der Waals surface area contributed by atoms with Crippen LogP contribution in [0.4, 0.5) is 11.4 Å². The predicted octanol–water partition coefficient (Wildman–Crippen LogP) is 8.58. The molecule has 260 valence electrons. The second-order valence-electron chi connectivity index (χ2n) is 13.5.